The van der Waals surface area contributed by atoms with Crippen molar-refractivity contribution in [1.29, 1.82) is 0 Å². The van der Waals surface area contributed by atoms with E-state index in [2.05, 4.69) is 9.31 Å². The molecule has 2 rings (SSSR count). The highest BCUT2D eigenvalue weighted by Crippen LogP contribution is 2.37. The Hall–Kier alpha value is -1.80. The Balaban J connectivity index is 2.40. The van der Waals surface area contributed by atoms with Crippen LogP contribution >= 0.6 is 0 Å². The summed E-state index contributed by atoms with van der Waals surface area (Å²) in [4.78, 5) is 9.73. The molecule has 0 fully saturated rings. The predicted molar refractivity (Wildman–Crippen MR) is 44.5 cm³/mol. The van der Waals surface area contributed by atoms with Gasteiger partial charge in [0.1, 0.15) is 11.5 Å². The number of rotatable bonds is 1. The first-order valence-corrected chi connectivity index (χ1v) is 3.72. The van der Waals surface area contributed by atoms with Crippen molar-refractivity contribution in [3.63, 3.8) is 0 Å². The standard InChI is InChI=1S/C6H5BNO6/c9-7(10)13-5-2-1-4(8(11)12)3-6(5)14-7/h1-3,9-10H/q-1. The topological polar surface area (TPSA) is 102 Å². The lowest BCUT2D eigenvalue weighted by Gasteiger charge is -2.19. The highest BCUT2D eigenvalue weighted by molar-refractivity contribution is 6.53. The van der Waals surface area contributed by atoms with Gasteiger partial charge in [-0.1, -0.05) is 0 Å². The molecule has 1 aliphatic rings. The smallest absolute Gasteiger partial charge is 0.632 e. The van der Waals surface area contributed by atoms with E-state index in [9.17, 15) is 10.1 Å². The predicted octanol–water partition coefficient (Wildman–Crippen LogP) is -0.214. The van der Waals surface area contributed by atoms with Gasteiger partial charge in [0.2, 0.25) is 0 Å². The van der Waals surface area contributed by atoms with Gasteiger partial charge in [0.05, 0.1) is 11.0 Å². The average Bonchev–Trinajstić information content (AvgIpc) is 2.36. The molecule has 14 heavy (non-hydrogen) atoms. The van der Waals surface area contributed by atoms with Crippen LogP contribution in [0.5, 0.6) is 11.5 Å². The summed E-state index contributed by atoms with van der Waals surface area (Å²) in [7, 11) is 0. The Morgan fingerprint density at radius 1 is 1.29 bits per heavy atom. The Morgan fingerprint density at radius 2 is 1.93 bits per heavy atom. The van der Waals surface area contributed by atoms with Gasteiger partial charge in [0.25, 0.3) is 5.69 Å². The second-order valence-corrected chi connectivity index (χ2v) is 2.76. The third kappa shape index (κ3) is 1.36. The quantitative estimate of drug-likeness (QED) is 0.367. The molecule has 1 heterocycles. The molecule has 1 aromatic carbocycles. The molecule has 0 saturated carbocycles. The van der Waals surface area contributed by atoms with E-state index in [0.29, 0.717) is 0 Å². The highest BCUT2D eigenvalue weighted by Gasteiger charge is 2.35. The third-order valence-corrected chi connectivity index (χ3v) is 1.70. The summed E-state index contributed by atoms with van der Waals surface area (Å²) < 4.78 is 9.09. The van der Waals surface area contributed by atoms with E-state index < -0.39 is 11.9 Å². The Kier molecular flexibility index (Phi) is 1.63. The van der Waals surface area contributed by atoms with E-state index in [-0.39, 0.29) is 17.2 Å². The van der Waals surface area contributed by atoms with Gasteiger partial charge < -0.3 is 19.4 Å². The molecule has 1 aliphatic heterocycles. The summed E-state index contributed by atoms with van der Waals surface area (Å²) in [6.45, 7) is -3.36. The van der Waals surface area contributed by atoms with Crippen LogP contribution in [0.4, 0.5) is 5.69 Å². The summed E-state index contributed by atoms with van der Waals surface area (Å²) in [6, 6.07) is 3.48. The molecule has 0 spiro atoms. The van der Waals surface area contributed by atoms with Gasteiger partial charge in [-0.3, -0.25) is 10.1 Å². The van der Waals surface area contributed by atoms with E-state index >= 15 is 0 Å². The van der Waals surface area contributed by atoms with Crippen LogP contribution in [-0.2, 0) is 0 Å². The second-order valence-electron chi connectivity index (χ2n) is 2.76. The number of nitro benzene ring substituents is 1. The molecule has 0 amide bonds. The number of nitro groups is 1. The van der Waals surface area contributed by atoms with Gasteiger partial charge in [-0.25, -0.2) is 0 Å². The molecule has 0 aromatic heterocycles. The van der Waals surface area contributed by atoms with Crippen LogP contribution in [0.25, 0.3) is 0 Å². The zero-order valence-electron chi connectivity index (χ0n) is 6.78. The van der Waals surface area contributed by atoms with E-state index in [0.717, 1.165) is 6.07 Å². The minimum atomic E-state index is -3.36. The fraction of sp³-hybridized carbons (Fsp3) is 0. The lowest BCUT2D eigenvalue weighted by Crippen LogP contribution is -2.45. The van der Waals surface area contributed by atoms with Crippen LogP contribution in [-0.4, -0.2) is 21.9 Å². The number of hydrogen-bond acceptors (Lipinski definition) is 6. The number of non-ortho nitro benzene ring substituents is 1. The molecule has 0 saturated heterocycles. The maximum atomic E-state index is 10.4. The monoisotopic (exact) mass is 198 g/mol. The lowest BCUT2D eigenvalue weighted by molar-refractivity contribution is -0.384. The van der Waals surface area contributed by atoms with E-state index in [1.165, 1.54) is 12.1 Å². The Bertz CT molecular complexity index is 405. The number of hydrogen-bond donors (Lipinski definition) is 2. The van der Waals surface area contributed by atoms with Gasteiger partial charge in [-0.2, -0.15) is 0 Å². The largest absolute Gasteiger partial charge is 0.647 e. The molecule has 0 aliphatic carbocycles. The van der Waals surface area contributed by atoms with Crippen molar-refractivity contribution < 1.29 is 24.3 Å². The van der Waals surface area contributed by atoms with Crippen LogP contribution in [0.3, 0.4) is 0 Å². The van der Waals surface area contributed by atoms with Crippen LogP contribution in [0.2, 0.25) is 0 Å². The fourth-order valence-corrected chi connectivity index (χ4v) is 1.15. The number of benzene rings is 1. The van der Waals surface area contributed by atoms with Crippen molar-refractivity contribution in [2.45, 2.75) is 0 Å². The zero-order chi connectivity index (χ0) is 10.3. The summed E-state index contributed by atoms with van der Waals surface area (Å²) in [6.07, 6.45) is 0. The third-order valence-electron chi connectivity index (χ3n) is 1.70. The number of fused-ring (bicyclic) bond motifs is 1. The first-order valence-electron chi connectivity index (χ1n) is 3.72. The first kappa shape index (κ1) is 8.79. The van der Waals surface area contributed by atoms with Crippen LogP contribution in [0.1, 0.15) is 0 Å². The van der Waals surface area contributed by atoms with Gasteiger partial charge >= 0.3 is 6.96 Å². The van der Waals surface area contributed by atoms with Crippen LogP contribution in [0.15, 0.2) is 18.2 Å². The fourth-order valence-electron chi connectivity index (χ4n) is 1.15. The second kappa shape index (κ2) is 2.60. The molecule has 8 heteroatoms. The first-order chi connectivity index (χ1) is 6.48. The lowest BCUT2D eigenvalue weighted by atomic mass is 10.1. The van der Waals surface area contributed by atoms with Gasteiger partial charge in [-0.15, -0.1) is 0 Å². The van der Waals surface area contributed by atoms with Gasteiger partial charge in [0, 0.05) is 6.07 Å². The van der Waals surface area contributed by atoms with Crippen LogP contribution < -0.4 is 9.31 Å². The highest BCUT2D eigenvalue weighted by atomic mass is 16.8. The molecule has 0 atom stereocenters. The van der Waals surface area contributed by atoms with E-state index in [1.54, 1.807) is 0 Å². The minimum absolute atomic E-state index is 0.0517. The van der Waals surface area contributed by atoms with Crippen molar-refractivity contribution in [1.82, 2.24) is 0 Å². The summed E-state index contributed by atoms with van der Waals surface area (Å²) in [5.74, 6) is 0.0183. The zero-order valence-corrected chi connectivity index (χ0v) is 6.78. The molecular formula is C6H5BNO6-. The molecule has 0 bridgehead atoms. The van der Waals surface area contributed by atoms with Crippen molar-refractivity contribution in [3.05, 3.63) is 28.3 Å². The van der Waals surface area contributed by atoms with Crippen LogP contribution in [0, 0.1) is 10.1 Å². The van der Waals surface area contributed by atoms with Crippen molar-refractivity contribution in [2.75, 3.05) is 0 Å². The van der Waals surface area contributed by atoms with Crippen molar-refractivity contribution in [3.8, 4) is 11.5 Å². The molecule has 1 aromatic rings. The van der Waals surface area contributed by atoms with Crippen molar-refractivity contribution >= 4 is 12.6 Å². The summed E-state index contributed by atoms with van der Waals surface area (Å²) in [5.41, 5.74) is -0.208. The Morgan fingerprint density at radius 3 is 2.57 bits per heavy atom. The summed E-state index contributed by atoms with van der Waals surface area (Å²) in [5, 5.41) is 28.2. The molecule has 74 valence electrons. The normalized spacial score (nSPS) is 16.7. The van der Waals surface area contributed by atoms with Crippen molar-refractivity contribution in [2.24, 2.45) is 0 Å². The molecule has 2 N–H and O–H groups in total. The molecule has 7 nitrogen and oxygen atoms in total. The maximum absolute atomic E-state index is 10.4. The summed E-state index contributed by atoms with van der Waals surface area (Å²) >= 11 is 0. The maximum Gasteiger partial charge on any atom is 0.647 e. The van der Waals surface area contributed by atoms with Gasteiger partial charge in [0.15, 0.2) is 0 Å². The SMILES string of the molecule is O=[N+]([O-])c1ccc2c(c1)O[B-](O)(O)O2. The van der Waals surface area contributed by atoms with E-state index in [4.69, 9.17) is 10.0 Å². The van der Waals surface area contributed by atoms with E-state index in [1.807, 2.05) is 0 Å². The van der Waals surface area contributed by atoms with Gasteiger partial charge in [-0.05, 0) is 6.07 Å². The number of nitrogens with zero attached hydrogens (tertiary/aromatic N) is 1. The Labute approximate surface area is 77.7 Å². The minimum Gasteiger partial charge on any atom is -0.632 e. The molecule has 0 unspecified atom stereocenters. The molecular weight excluding hydrogens is 193 g/mol. The molecule has 0 radical (unpaired) electrons. The average molecular weight is 198 g/mol.